The fraction of sp³-hybridized carbons (Fsp3) is 0.0667. The zero-order valence-corrected chi connectivity index (χ0v) is 15.0. The van der Waals surface area contributed by atoms with Gasteiger partial charge in [-0.3, -0.25) is 10.1 Å². The second-order valence-corrected chi connectivity index (χ2v) is 6.29. The van der Waals surface area contributed by atoms with E-state index in [4.69, 9.17) is 28.6 Å². The van der Waals surface area contributed by atoms with E-state index in [2.05, 4.69) is 33.2 Å². The standard InChI is InChI=1S/C15H12ClIN2O2S/c16-12-3-1-2-4-13(12)21-9-14(20)19-15(22)18-11-7-5-10(17)6-8-11/h1-8H,9H2,(H2,18,19,20,22). The molecule has 4 nitrogen and oxygen atoms in total. The minimum Gasteiger partial charge on any atom is -0.482 e. The second-order valence-electron chi connectivity index (χ2n) is 4.23. The van der Waals surface area contributed by atoms with E-state index < -0.39 is 0 Å². The normalized spacial score (nSPS) is 9.91. The third kappa shape index (κ3) is 5.43. The molecule has 2 aromatic carbocycles. The molecule has 1 amide bonds. The van der Waals surface area contributed by atoms with E-state index in [1.807, 2.05) is 24.3 Å². The highest BCUT2D eigenvalue weighted by atomic mass is 127. The molecule has 22 heavy (non-hydrogen) atoms. The van der Waals surface area contributed by atoms with Gasteiger partial charge in [-0.2, -0.15) is 0 Å². The molecule has 7 heteroatoms. The van der Waals surface area contributed by atoms with E-state index in [1.54, 1.807) is 24.3 Å². The molecule has 2 aromatic rings. The van der Waals surface area contributed by atoms with Crippen molar-refractivity contribution in [1.29, 1.82) is 0 Å². The predicted molar refractivity (Wildman–Crippen MR) is 100 cm³/mol. The first-order chi connectivity index (χ1) is 10.5. The number of halogens is 2. The minimum absolute atomic E-state index is 0.168. The second kappa shape index (κ2) is 8.30. The molecule has 0 aliphatic heterocycles. The first-order valence-corrected chi connectivity index (χ1v) is 8.15. The van der Waals surface area contributed by atoms with E-state index in [0.717, 1.165) is 9.26 Å². The summed E-state index contributed by atoms with van der Waals surface area (Å²) in [5.41, 5.74) is 0.803. The molecule has 2 N–H and O–H groups in total. The number of para-hydroxylation sites is 1. The number of hydrogen-bond donors (Lipinski definition) is 2. The van der Waals surface area contributed by atoms with Gasteiger partial charge in [-0.25, -0.2) is 0 Å². The van der Waals surface area contributed by atoms with Crippen LogP contribution in [0.2, 0.25) is 5.02 Å². The van der Waals surface area contributed by atoms with Gasteiger partial charge < -0.3 is 10.1 Å². The van der Waals surface area contributed by atoms with Crippen molar-refractivity contribution in [2.24, 2.45) is 0 Å². The van der Waals surface area contributed by atoms with E-state index in [1.165, 1.54) is 0 Å². The maximum absolute atomic E-state index is 11.8. The lowest BCUT2D eigenvalue weighted by molar-refractivity contribution is -0.121. The van der Waals surface area contributed by atoms with Crippen molar-refractivity contribution < 1.29 is 9.53 Å². The molecule has 0 bridgehead atoms. The Kier molecular flexibility index (Phi) is 6.41. The van der Waals surface area contributed by atoms with Crippen LogP contribution in [-0.2, 0) is 4.79 Å². The van der Waals surface area contributed by atoms with Gasteiger partial charge in [0.05, 0.1) is 5.02 Å². The van der Waals surface area contributed by atoms with Gasteiger partial charge in [0, 0.05) is 9.26 Å². The van der Waals surface area contributed by atoms with Crippen LogP contribution in [0, 0.1) is 3.57 Å². The third-order valence-electron chi connectivity index (χ3n) is 2.55. The van der Waals surface area contributed by atoms with E-state index in [-0.39, 0.29) is 17.6 Å². The molecular weight excluding hydrogens is 435 g/mol. The number of hydrogen-bond acceptors (Lipinski definition) is 3. The zero-order chi connectivity index (χ0) is 15.9. The minimum atomic E-state index is -0.358. The number of nitrogens with one attached hydrogen (secondary N) is 2. The highest BCUT2D eigenvalue weighted by Crippen LogP contribution is 2.22. The van der Waals surface area contributed by atoms with Gasteiger partial charge in [0.1, 0.15) is 5.75 Å². The predicted octanol–water partition coefficient (Wildman–Crippen LogP) is 3.84. The topological polar surface area (TPSA) is 50.4 Å². The molecule has 0 fully saturated rings. The zero-order valence-electron chi connectivity index (χ0n) is 11.3. The Labute approximate surface area is 152 Å². The van der Waals surface area contributed by atoms with Crippen molar-refractivity contribution in [1.82, 2.24) is 5.32 Å². The lowest BCUT2D eigenvalue weighted by atomic mass is 10.3. The fourth-order valence-corrected chi connectivity index (χ4v) is 2.34. The van der Waals surface area contributed by atoms with Crippen LogP contribution in [0.4, 0.5) is 5.69 Å². The van der Waals surface area contributed by atoms with Crippen molar-refractivity contribution in [3.63, 3.8) is 0 Å². The average Bonchev–Trinajstić information content (AvgIpc) is 2.49. The number of thiocarbonyl (C=S) groups is 1. The summed E-state index contributed by atoms with van der Waals surface area (Å²) >= 11 is 13.2. The molecular formula is C15H12ClIN2O2S. The quantitative estimate of drug-likeness (QED) is 0.554. The summed E-state index contributed by atoms with van der Waals surface area (Å²) in [6.45, 7) is -0.168. The smallest absolute Gasteiger partial charge is 0.264 e. The Balaban J connectivity index is 1.80. The highest BCUT2D eigenvalue weighted by Gasteiger charge is 2.07. The maximum atomic E-state index is 11.8. The van der Waals surface area contributed by atoms with Gasteiger partial charge in [0.25, 0.3) is 5.91 Å². The molecule has 2 rings (SSSR count). The molecule has 0 aliphatic rings. The Hall–Kier alpha value is -1.38. The molecule has 0 saturated carbocycles. The number of amides is 1. The van der Waals surface area contributed by atoms with Crippen LogP contribution in [0.3, 0.4) is 0 Å². The summed E-state index contributed by atoms with van der Waals surface area (Å²) in [5.74, 6) is 0.0961. The van der Waals surface area contributed by atoms with Crippen LogP contribution < -0.4 is 15.4 Å². The van der Waals surface area contributed by atoms with Crippen molar-refractivity contribution in [2.45, 2.75) is 0 Å². The van der Waals surface area contributed by atoms with Crippen LogP contribution in [0.1, 0.15) is 0 Å². The molecule has 114 valence electrons. The van der Waals surface area contributed by atoms with Crippen molar-refractivity contribution in [3.05, 3.63) is 57.1 Å². The largest absolute Gasteiger partial charge is 0.482 e. The SMILES string of the molecule is O=C(COc1ccccc1Cl)NC(=S)Nc1ccc(I)cc1. The highest BCUT2D eigenvalue weighted by molar-refractivity contribution is 14.1. The summed E-state index contributed by atoms with van der Waals surface area (Å²) in [6.07, 6.45) is 0. The third-order valence-corrected chi connectivity index (χ3v) is 3.79. The fourth-order valence-electron chi connectivity index (χ4n) is 1.56. The number of ether oxygens (including phenoxy) is 1. The molecule has 0 atom stereocenters. The van der Waals surface area contributed by atoms with Crippen LogP contribution >= 0.6 is 46.4 Å². The van der Waals surface area contributed by atoms with Crippen molar-refractivity contribution in [2.75, 3.05) is 11.9 Å². The lowest BCUT2D eigenvalue weighted by Gasteiger charge is -2.11. The summed E-state index contributed by atoms with van der Waals surface area (Å²) in [5, 5.41) is 6.14. The van der Waals surface area contributed by atoms with Crippen LogP contribution in [0.15, 0.2) is 48.5 Å². The Morgan fingerprint density at radius 2 is 1.86 bits per heavy atom. The summed E-state index contributed by atoms with van der Waals surface area (Å²) < 4.78 is 6.45. The Morgan fingerprint density at radius 1 is 1.18 bits per heavy atom. The van der Waals surface area contributed by atoms with Gasteiger partial charge in [-0.05, 0) is 71.2 Å². The average molecular weight is 447 g/mol. The summed E-state index contributed by atoms with van der Waals surface area (Å²) in [7, 11) is 0. The Bertz CT molecular complexity index is 679. The Morgan fingerprint density at radius 3 is 2.55 bits per heavy atom. The first-order valence-electron chi connectivity index (χ1n) is 6.28. The molecule has 0 spiro atoms. The molecule has 0 radical (unpaired) electrons. The number of carbonyl (C=O) groups is 1. The first kappa shape index (κ1) is 17.0. The van der Waals surface area contributed by atoms with E-state index in [9.17, 15) is 4.79 Å². The number of carbonyl (C=O) groups excluding carboxylic acids is 1. The molecule has 0 aromatic heterocycles. The van der Waals surface area contributed by atoms with Gasteiger partial charge in [0.2, 0.25) is 0 Å². The lowest BCUT2D eigenvalue weighted by Crippen LogP contribution is -2.37. The molecule has 0 heterocycles. The van der Waals surface area contributed by atoms with Crippen molar-refractivity contribution in [3.8, 4) is 5.75 Å². The molecule has 0 aliphatic carbocycles. The van der Waals surface area contributed by atoms with Crippen LogP contribution in [-0.4, -0.2) is 17.6 Å². The monoisotopic (exact) mass is 446 g/mol. The summed E-state index contributed by atoms with van der Waals surface area (Å²) in [4.78, 5) is 11.8. The maximum Gasteiger partial charge on any atom is 0.264 e. The van der Waals surface area contributed by atoms with Gasteiger partial charge in [-0.1, -0.05) is 23.7 Å². The van der Waals surface area contributed by atoms with E-state index in [0.29, 0.717) is 10.8 Å². The number of anilines is 1. The number of benzene rings is 2. The van der Waals surface area contributed by atoms with Gasteiger partial charge in [0.15, 0.2) is 11.7 Å². The summed E-state index contributed by atoms with van der Waals surface area (Å²) in [6, 6.07) is 14.6. The van der Waals surface area contributed by atoms with Crippen molar-refractivity contribution >= 4 is 63.1 Å². The van der Waals surface area contributed by atoms with Crippen LogP contribution in [0.5, 0.6) is 5.75 Å². The van der Waals surface area contributed by atoms with Gasteiger partial charge >= 0.3 is 0 Å². The van der Waals surface area contributed by atoms with Gasteiger partial charge in [-0.15, -0.1) is 0 Å². The van der Waals surface area contributed by atoms with Crippen LogP contribution in [0.25, 0.3) is 0 Å². The molecule has 0 saturated heterocycles. The van der Waals surface area contributed by atoms with E-state index >= 15 is 0 Å². The number of rotatable bonds is 4. The molecule has 0 unspecified atom stereocenters.